The zero-order valence-electron chi connectivity index (χ0n) is 28.2. The number of carbonyl (C=O) groups is 6. The topological polar surface area (TPSA) is 237 Å². The Bertz CT molecular complexity index is 1770. The first-order chi connectivity index (χ1) is 24.4. The molecular formula is C32H37N9O10. The van der Waals surface area contributed by atoms with Gasteiger partial charge in [0.1, 0.15) is 36.2 Å². The maximum Gasteiger partial charge on any atom is 0.303 e. The van der Waals surface area contributed by atoms with Crippen molar-refractivity contribution in [3.63, 3.8) is 0 Å². The summed E-state index contributed by atoms with van der Waals surface area (Å²) in [6, 6.07) is 6.90. The average Bonchev–Trinajstić information content (AvgIpc) is 3.76. The molecule has 1 aliphatic rings. The molecule has 2 aromatic heterocycles. The van der Waals surface area contributed by atoms with Crippen LogP contribution in [0.4, 0.5) is 0 Å². The summed E-state index contributed by atoms with van der Waals surface area (Å²) in [6.45, 7) is 4.03. The average molecular weight is 708 g/mol. The van der Waals surface area contributed by atoms with Gasteiger partial charge in [0.25, 0.3) is 0 Å². The highest BCUT2D eigenvalue weighted by Gasteiger charge is 2.51. The van der Waals surface area contributed by atoms with E-state index >= 15 is 0 Å². The fourth-order valence-electron chi connectivity index (χ4n) is 5.22. The van der Waals surface area contributed by atoms with Crippen LogP contribution in [0.5, 0.6) is 0 Å². The molecule has 3 amide bonds. The number of terminal acetylenes is 1. The minimum Gasteiger partial charge on any atom is -0.463 e. The van der Waals surface area contributed by atoms with Gasteiger partial charge in [-0.05, 0) is 0 Å². The van der Waals surface area contributed by atoms with Gasteiger partial charge < -0.3 is 34.9 Å². The van der Waals surface area contributed by atoms with Gasteiger partial charge in [-0.25, -0.2) is 9.36 Å². The Morgan fingerprint density at radius 1 is 0.922 bits per heavy atom. The predicted molar refractivity (Wildman–Crippen MR) is 172 cm³/mol. The monoisotopic (exact) mass is 707 g/mol. The Balaban J connectivity index is 1.53. The Hall–Kier alpha value is -6.16. The second-order valence-electron chi connectivity index (χ2n) is 11.3. The fraction of sp³-hybridized carbons (Fsp3) is 0.438. The minimum atomic E-state index is -1.31. The quantitative estimate of drug-likeness (QED) is 0.107. The van der Waals surface area contributed by atoms with Crippen molar-refractivity contribution in [2.45, 2.75) is 77.3 Å². The number of nitrogens with one attached hydrogen (secondary N) is 3. The number of amides is 3. The highest BCUT2D eigenvalue weighted by Crippen LogP contribution is 2.32. The van der Waals surface area contributed by atoms with Gasteiger partial charge >= 0.3 is 17.9 Å². The summed E-state index contributed by atoms with van der Waals surface area (Å²) in [5.74, 6) is -1.47. The van der Waals surface area contributed by atoms with Gasteiger partial charge in [0.05, 0.1) is 31.9 Å². The van der Waals surface area contributed by atoms with Gasteiger partial charge in [0.15, 0.2) is 18.4 Å². The molecule has 1 aromatic carbocycles. The normalized spacial score (nSPS) is 20.2. The van der Waals surface area contributed by atoms with Crippen LogP contribution in [0.3, 0.4) is 0 Å². The number of nitrogens with zero attached hydrogens (tertiary/aromatic N) is 6. The van der Waals surface area contributed by atoms with E-state index < -0.39 is 78.9 Å². The first-order valence-electron chi connectivity index (χ1n) is 15.6. The second-order valence-corrected chi connectivity index (χ2v) is 11.3. The molecule has 0 bridgehead atoms. The van der Waals surface area contributed by atoms with Crippen LogP contribution in [-0.2, 0) is 54.3 Å². The van der Waals surface area contributed by atoms with Crippen LogP contribution < -0.4 is 16.0 Å². The molecule has 51 heavy (non-hydrogen) atoms. The summed E-state index contributed by atoms with van der Waals surface area (Å²) in [7, 11) is 0. The number of benzene rings is 1. The van der Waals surface area contributed by atoms with Gasteiger partial charge in [-0.15, -0.1) is 16.6 Å². The fourth-order valence-corrected chi connectivity index (χ4v) is 5.22. The number of rotatable bonds is 14. The van der Waals surface area contributed by atoms with E-state index in [1.807, 2.05) is 30.3 Å². The lowest BCUT2D eigenvalue weighted by molar-refractivity contribution is -0.239. The lowest BCUT2D eigenvalue weighted by Crippen LogP contribution is -2.64. The third-order valence-corrected chi connectivity index (χ3v) is 7.32. The number of hydrogen-bond donors (Lipinski definition) is 3. The maximum atomic E-state index is 13.1. The van der Waals surface area contributed by atoms with E-state index in [0.717, 1.165) is 19.4 Å². The molecule has 0 saturated carbocycles. The molecule has 6 atom stereocenters. The summed E-state index contributed by atoms with van der Waals surface area (Å²) in [4.78, 5) is 74.2. The van der Waals surface area contributed by atoms with Gasteiger partial charge in [-0.1, -0.05) is 46.7 Å². The Morgan fingerprint density at radius 3 is 2.27 bits per heavy atom. The molecule has 1 saturated heterocycles. The smallest absolute Gasteiger partial charge is 0.303 e. The van der Waals surface area contributed by atoms with Crippen LogP contribution >= 0.6 is 0 Å². The van der Waals surface area contributed by atoms with Crippen molar-refractivity contribution in [1.29, 1.82) is 0 Å². The number of aromatic nitrogens is 6. The molecule has 0 radical (unpaired) electrons. The highest BCUT2D eigenvalue weighted by molar-refractivity contribution is 5.87. The lowest BCUT2D eigenvalue weighted by Gasteiger charge is -2.45. The number of ether oxygens (including phenoxy) is 4. The van der Waals surface area contributed by atoms with Crippen molar-refractivity contribution in [3.8, 4) is 23.6 Å². The van der Waals surface area contributed by atoms with Crippen molar-refractivity contribution in [2.75, 3.05) is 13.2 Å². The second kappa shape index (κ2) is 17.5. The van der Waals surface area contributed by atoms with E-state index in [2.05, 4.69) is 42.5 Å². The predicted octanol–water partition coefficient (Wildman–Crippen LogP) is -0.638. The zero-order valence-corrected chi connectivity index (χ0v) is 28.2. The molecule has 0 aliphatic carbocycles. The number of hydrogen-bond acceptors (Lipinski definition) is 14. The van der Waals surface area contributed by atoms with Crippen LogP contribution in [0.2, 0.25) is 0 Å². The van der Waals surface area contributed by atoms with Gasteiger partial charge in [0, 0.05) is 33.3 Å². The third-order valence-electron chi connectivity index (χ3n) is 7.32. The SMILES string of the molecule is C#CCNC(=O)[C@H](CC(=O)NCc1cn([C@@H]2O[C@H](COC(C)=O)[C@@H](OC(C)=O)[C@H](OC(C)=O)[C@H]2NC(C)=O)nn1)n1cc(-c2ccccc2)nn1. The van der Waals surface area contributed by atoms with Gasteiger partial charge in [0.2, 0.25) is 17.7 Å². The van der Waals surface area contributed by atoms with Crippen molar-refractivity contribution < 1.29 is 47.7 Å². The molecule has 19 heteroatoms. The number of esters is 3. The summed E-state index contributed by atoms with van der Waals surface area (Å²) < 4.78 is 24.7. The first-order valence-corrected chi connectivity index (χ1v) is 15.6. The molecule has 1 fully saturated rings. The molecule has 1 aliphatic heterocycles. The first kappa shape index (κ1) is 37.7. The zero-order chi connectivity index (χ0) is 37.1. The molecule has 270 valence electrons. The van der Waals surface area contributed by atoms with Crippen molar-refractivity contribution in [3.05, 3.63) is 48.4 Å². The van der Waals surface area contributed by atoms with E-state index in [9.17, 15) is 28.8 Å². The molecule has 0 unspecified atom stereocenters. The lowest BCUT2D eigenvalue weighted by atomic mass is 9.95. The maximum absolute atomic E-state index is 13.1. The third kappa shape index (κ3) is 10.4. The van der Waals surface area contributed by atoms with Gasteiger partial charge in [-0.2, -0.15) is 0 Å². The van der Waals surface area contributed by atoms with E-state index in [1.54, 1.807) is 6.20 Å². The van der Waals surface area contributed by atoms with E-state index in [1.165, 1.54) is 29.4 Å². The van der Waals surface area contributed by atoms with Crippen LogP contribution in [-0.4, -0.2) is 103 Å². The Kier molecular flexibility index (Phi) is 12.9. The van der Waals surface area contributed by atoms with Crippen LogP contribution in [0.25, 0.3) is 11.3 Å². The standard InChI is InChI=1S/C32H37N9O10/c1-6-12-33-31(47)25(40-16-24(37-39-40)22-10-8-7-9-11-22)13-27(46)34-14-23-15-41(38-36-23)32-28(35-18(2)42)30(50-21(5)45)29(49-20(4)44)26(51-32)17-48-19(3)43/h1,7-11,15-16,25-26,28-30,32H,12-14,17H2,2-5H3,(H,33,47)(H,34,46)(H,35,42)/t25-,26+,28+,29+,30+,32+/m0/s1. The Morgan fingerprint density at radius 2 is 1.63 bits per heavy atom. The van der Waals surface area contributed by atoms with Crippen molar-refractivity contribution in [2.24, 2.45) is 0 Å². The molecule has 3 aromatic rings. The largest absolute Gasteiger partial charge is 0.463 e. The summed E-state index contributed by atoms with van der Waals surface area (Å²) in [5, 5.41) is 24.3. The molecule has 0 spiro atoms. The van der Waals surface area contributed by atoms with E-state index in [4.69, 9.17) is 25.4 Å². The molecular weight excluding hydrogens is 670 g/mol. The molecule has 19 nitrogen and oxygen atoms in total. The summed E-state index contributed by atoms with van der Waals surface area (Å²) in [5.41, 5.74) is 1.49. The van der Waals surface area contributed by atoms with Crippen LogP contribution in [0.1, 0.15) is 52.1 Å². The van der Waals surface area contributed by atoms with Crippen molar-refractivity contribution >= 4 is 35.6 Å². The highest BCUT2D eigenvalue weighted by atomic mass is 16.6. The molecule has 3 heterocycles. The number of carbonyl (C=O) groups excluding carboxylic acids is 6. The summed E-state index contributed by atoms with van der Waals surface area (Å²) in [6.07, 6.45) is 2.93. The van der Waals surface area contributed by atoms with Crippen LogP contribution in [0, 0.1) is 12.3 Å². The minimum absolute atomic E-state index is 0.0648. The van der Waals surface area contributed by atoms with E-state index in [-0.39, 0.29) is 25.2 Å². The van der Waals surface area contributed by atoms with Crippen LogP contribution in [0.15, 0.2) is 42.7 Å². The summed E-state index contributed by atoms with van der Waals surface area (Å²) >= 11 is 0. The van der Waals surface area contributed by atoms with Crippen molar-refractivity contribution in [1.82, 2.24) is 45.9 Å². The Labute approximate surface area is 291 Å². The molecule has 3 N–H and O–H groups in total. The van der Waals surface area contributed by atoms with Gasteiger partial charge in [-0.3, -0.25) is 28.8 Å². The molecule has 4 rings (SSSR count). The van der Waals surface area contributed by atoms with E-state index in [0.29, 0.717) is 5.69 Å².